The van der Waals surface area contributed by atoms with Crippen molar-refractivity contribution >= 4 is 5.95 Å². The molecular formula is C22H35N5O2. The number of ether oxygens (including phenoxy) is 1. The molecule has 0 radical (unpaired) electrons. The zero-order valence-electron chi connectivity index (χ0n) is 17.5. The van der Waals surface area contributed by atoms with Crippen LogP contribution >= 0.6 is 0 Å². The minimum Gasteiger partial charge on any atom is -0.391 e. The number of piperidine rings is 1. The molecule has 1 aromatic heterocycles. The first-order valence-corrected chi connectivity index (χ1v) is 11.5. The molecule has 0 bridgehead atoms. The topological polar surface area (TPSA) is 65.0 Å². The van der Waals surface area contributed by atoms with Crippen LogP contribution in [0.15, 0.2) is 12.4 Å². The Kier molecular flexibility index (Phi) is 5.99. The monoisotopic (exact) mass is 401 g/mol. The molecule has 1 aliphatic carbocycles. The van der Waals surface area contributed by atoms with Crippen LogP contribution < -0.4 is 4.90 Å². The smallest absolute Gasteiger partial charge is 0.225 e. The molecule has 1 aromatic rings. The van der Waals surface area contributed by atoms with Crippen molar-refractivity contribution in [3.63, 3.8) is 0 Å². The van der Waals surface area contributed by atoms with Crippen molar-refractivity contribution < 1.29 is 9.84 Å². The predicted octanol–water partition coefficient (Wildman–Crippen LogP) is 1.37. The van der Waals surface area contributed by atoms with E-state index in [-0.39, 0.29) is 6.10 Å². The molecule has 29 heavy (non-hydrogen) atoms. The van der Waals surface area contributed by atoms with E-state index in [2.05, 4.69) is 24.7 Å². The van der Waals surface area contributed by atoms with E-state index in [1.165, 1.54) is 24.8 Å². The van der Waals surface area contributed by atoms with Gasteiger partial charge in [-0.1, -0.05) is 0 Å². The molecule has 0 amide bonds. The van der Waals surface area contributed by atoms with E-state index in [0.29, 0.717) is 17.9 Å². The fourth-order valence-corrected chi connectivity index (χ4v) is 5.88. The predicted molar refractivity (Wildman–Crippen MR) is 112 cm³/mol. The van der Waals surface area contributed by atoms with Crippen molar-refractivity contribution in [3.05, 3.63) is 18.0 Å². The summed E-state index contributed by atoms with van der Waals surface area (Å²) in [6.45, 7) is 8.84. The van der Waals surface area contributed by atoms with Gasteiger partial charge in [0.25, 0.3) is 0 Å². The van der Waals surface area contributed by atoms with Crippen LogP contribution in [0.1, 0.15) is 37.7 Å². The van der Waals surface area contributed by atoms with E-state index in [1.54, 1.807) is 0 Å². The molecule has 0 spiro atoms. The Labute approximate surface area is 174 Å². The minimum atomic E-state index is -0.193. The molecule has 7 heteroatoms. The molecular weight excluding hydrogens is 366 g/mol. The van der Waals surface area contributed by atoms with Crippen LogP contribution in [0.4, 0.5) is 5.95 Å². The van der Waals surface area contributed by atoms with E-state index in [4.69, 9.17) is 4.74 Å². The molecule has 1 saturated carbocycles. The van der Waals surface area contributed by atoms with Crippen molar-refractivity contribution in [2.45, 2.75) is 50.8 Å². The van der Waals surface area contributed by atoms with Crippen LogP contribution in [0.25, 0.3) is 0 Å². The van der Waals surface area contributed by atoms with Gasteiger partial charge in [-0.25, -0.2) is 9.97 Å². The number of fused-ring (bicyclic) bond motifs is 1. The van der Waals surface area contributed by atoms with E-state index >= 15 is 0 Å². The van der Waals surface area contributed by atoms with E-state index < -0.39 is 0 Å². The quantitative estimate of drug-likeness (QED) is 0.817. The summed E-state index contributed by atoms with van der Waals surface area (Å²) in [4.78, 5) is 16.6. The summed E-state index contributed by atoms with van der Waals surface area (Å²) in [5, 5.41) is 10.8. The number of aromatic nitrogens is 2. The van der Waals surface area contributed by atoms with Crippen molar-refractivity contribution in [1.29, 1.82) is 0 Å². The molecule has 0 aromatic carbocycles. The maximum absolute atomic E-state index is 10.8. The largest absolute Gasteiger partial charge is 0.391 e. The van der Waals surface area contributed by atoms with Gasteiger partial charge in [0, 0.05) is 69.8 Å². The number of anilines is 1. The third-order valence-corrected chi connectivity index (χ3v) is 7.44. The fraction of sp³-hybridized carbons (Fsp3) is 0.818. The Bertz CT molecular complexity index is 660. The van der Waals surface area contributed by atoms with Gasteiger partial charge < -0.3 is 14.7 Å². The third-order valence-electron chi connectivity index (χ3n) is 7.44. The summed E-state index contributed by atoms with van der Waals surface area (Å²) in [6, 6.07) is 0.312. The van der Waals surface area contributed by atoms with Crippen LogP contribution in [0.5, 0.6) is 0 Å². The Balaban J connectivity index is 1.16. The van der Waals surface area contributed by atoms with Crippen LogP contribution in [-0.4, -0.2) is 89.5 Å². The highest BCUT2D eigenvalue weighted by Crippen LogP contribution is 2.39. The number of hydrogen-bond donors (Lipinski definition) is 1. The standard InChI is InChI=1S/C22H35N5O2/c28-21-11-19-16-25(15-18(19)10-20(21)26-6-8-29-9-7-26)14-17-12-23-22(24-13-17)27-4-2-1-3-5-27/h12-13,18-21,28H,1-11,14-16H2/t18-,19+,20-,21-/m1/s1. The van der Waals surface area contributed by atoms with Gasteiger partial charge in [0.2, 0.25) is 5.95 Å². The number of aliphatic hydroxyl groups is 1. The average Bonchev–Trinajstić information content (AvgIpc) is 3.16. The first-order chi connectivity index (χ1) is 14.3. The number of likely N-dealkylation sites (tertiary alicyclic amines) is 1. The molecule has 1 N–H and O–H groups in total. The van der Waals surface area contributed by atoms with Gasteiger partial charge in [0.15, 0.2) is 0 Å². The molecule has 160 valence electrons. The number of nitrogens with zero attached hydrogens (tertiary/aromatic N) is 5. The highest BCUT2D eigenvalue weighted by atomic mass is 16.5. The van der Waals surface area contributed by atoms with Crippen molar-refractivity contribution in [2.75, 3.05) is 57.4 Å². The Morgan fingerprint density at radius 3 is 2.34 bits per heavy atom. The van der Waals surface area contributed by atoms with Gasteiger partial charge in [-0.05, 0) is 43.9 Å². The second kappa shape index (κ2) is 8.84. The molecule has 5 rings (SSSR count). The summed E-state index contributed by atoms with van der Waals surface area (Å²) >= 11 is 0. The highest BCUT2D eigenvalue weighted by Gasteiger charge is 2.43. The van der Waals surface area contributed by atoms with Crippen molar-refractivity contribution in [1.82, 2.24) is 19.8 Å². The molecule has 3 aliphatic heterocycles. The normalized spacial score (nSPS) is 34.3. The zero-order valence-corrected chi connectivity index (χ0v) is 17.5. The van der Waals surface area contributed by atoms with E-state index in [9.17, 15) is 5.11 Å². The number of morpholine rings is 1. The fourth-order valence-electron chi connectivity index (χ4n) is 5.88. The molecule has 0 unspecified atom stereocenters. The lowest BCUT2D eigenvalue weighted by molar-refractivity contribution is -0.0520. The van der Waals surface area contributed by atoms with E-state index in [1.807, 2.05) is 12.4 Å². The molecule has 4 fully saturated rings. The van der Waals surface area contributed by atoms with Gasteiger partial charge in [-0.2, -0.15) is 0 Å². The number of rotatable bonds is 4. The Morgan fingerprint density at radius 2 is 1.62 bits per heavy atom. The maximum Gasteiger partial charge on any atom is 0.225 e. The molecule has 4 aliphatic rings. The summed E-state index contributed by atoms with van der Waals surface area (Å²) in [5.41, 5.74) is 1.20. The number of hydrogen-bond acceptors (Lipinski definition) is 7. The first-order valence-electron chi connectivity index (χ1n) is 11.5. The third kappa shape index (κ3) is 4.43. The molecule has 4 heterocycles. The summed E-state index contributed by atoms with van der Waals surface area (Å²) < 4.78 is 5.50. The SMILES string of the molecule is O[C@@H]1C[C@H]2CN(Cc3cnc(N4CCCCC4)nc3)C[C@H]2C[C@H]1N1CCOCC1. The van der Waals surface area contributed by atoms with E-state index in [0.717, 1.165) is 77.8 Å². The lowest BCUT2D eigenvalue weighted by atomic mass is 9.77. The van der Waals surface area contributed by atoms with Crippen LogP contribution in [-0.2, 0) is 11.3 Å². The minimum absolute atomic E-state index is 0.193. The van der Waals surface area contributed by atoms with Crippen LogP contribution in [0.3, 0.4) is 0 Å². The lowest BCUT2D eigenvalue weighted by Gasteiger charge is -2.43. The lowest BCUT2D eigenvalue weighted by Crippen LogP contribution is -2.53. The van der Waals surface area contributed by atoms with Gasteiger partial charge in [-0.15, -0.1) is 0 Å². The number of aliphatic hydroxyl groups excluding tert-OH is 1. The average molecular weight is 402 g/mol. The summed E-state index contributed by atoms with van der Waals surface area (Å²) in [7, 11) is 0. The zero-order chi connectivity index (χ0) is 19.6. The molecule has 3 saturated heterocycles. The van der Waals surface area contributed by atoms with Crippen LogP contribution in [0.2, 0.25) is 0 Å². The van der Waals surface area contributed by atoms with Crippen LogP contribution in [0, 0.1) is 11.8 Å². The molecule has 7 nitrogen and oxygen atoms in total. The summed E-state index contributed by atoms with van der Waals surface area (Å²) in [6.07, 6.45) is 9.72. The van der Waals surface area contributed by atoms with Gasteiger partial charge in [0.05, 0.1) is 19.3 Å². The molecule has 4 atom stereocenters. The second-order valence-electron chi connectivity index (χ2n) is 9.41. The summed E-state index contributed by atoms with van der Waals surface area (Å²) in [5.74, 6) is 2.20. The second-order valence-corrected chi connectivity index (χ2v) is 9.41. The van der Waals surface area contributed by atoms with Gasteiger partial charge in [0.1, 0.15) is 0 Å². The first kappa shape index (κ1) is 19.7. The van der Waals surface area contributed by atoms with Crippen molar-refractivity contribution in [3.8, 4) is 0 Å². The van der Waals surface area contributed by atoms with Gasteiger partial charge in [-0.3, -0.25) is 9.80 Å². The Hall–Kier alpha value is -1.28. The van der Waals surface area contributed by atoms with Crippen molar-refractivity contribution in [2.24, 2.45) is 11.8 Å². The highest BCUT2D eigenvalue weighted by molar-refractivity contribution is 5.30. The van der Waals surface area contributed by atoms with Gasteiger partial charge >= 0.3 is 0 Å². The maximum atomic E-state index is 10.8. The Morgan fingerprint density at radius 1 is 0.931 bits per heavy atom.